The zero-order valence-corrected chi connectivity index (χ0v) is 14.7. The molecule has 25 heavy (non-hydrogen) atoms. The average Bonchev–Trinajstić information content (AvgIpc) is 2.60. The lowest BCUT2D eigenvalue weighted by Crippen LogP contribution is -2.25. The standard InChI is InChI=1S/C18H20N2O4S/c1-3-13-19-18(21)16-7-5-6-8-17(16)20-25(22,23)15-11-9-14(10-12-15)24-4-2/h3,5-12,20H,1,4,13H2,2H3,(H,19,21). The van der Waals surface area contributed by atoms with Crippen LogP contribution in [0.15, 0.2) is 66.1 Å². The lowest BCUT2D eigenvalue weighted by atomic mass is 10.1. The number of rotatable bonds is 8. The van der Waals surface area contributed by atoms with Gasteiger partial charge >= 0.3 is 0 Å². The van der Waals surface area contributed by atoms with Crippen molar-refractivity contribution >= 4 is 21.6 Å². The molecular weight excluding hydrogens is 340 g/mol. The smallest absolute Gasteiger partial charge is 0.261 e. The van der Waals surface area contributed by atoms with E-state index in [1.165, 1.54) is 18.2 Å². The molecule has 6 nitrogen and oxygen atoms in total. The monoisotopic (exact) mass is 360 g/mol. The van der Waals surface area contributed by atoms with Crippen molar-refractivity contribution in [2.45, 2.75) is 11.8 Å². The fourth-order valence-electron chi connectivity index (χ4n) is 2.12. The molecule has 0 saturated carbocycles. The van der Waals surface area contributed by atoms with Gasteiger partial charge in [0.1, 0.15) is 5.75 Å². The van der Waals surface area contributed by atoms with Gasteiger partial charge in [-0.3, -0.25) is 9.52 Å². The number of hydrogen-bond acceptors (Lipinski definition) is 4. The second kappa shape index (κ2) is 8.34. The Morgan fingerprint density at radius 2 is 1.84 bits per heavy atom. The Labute approximate surface area is 147 Å². The first-order valence-corrected chi connectivity index (χ1v) is 9.20. The third-order valence-electron chi connectivity index (χ3n) is 3.27. The van der Waals surface area contributed by atoms with Crippen LogP contribution in [0.4, 0.5) is 5.69 Å². The number of anilines is 1. The van der Waals surface area contributed by atoms with Crippen LogP contribution in [-0.2, 0) is 10.0 Å². The summed E-state index contributed by atoms with van der Waals surface area (Å²) in [7, 11) is -3.83. The molecule has 7 heteroatoms. The fourth-order valence-corrected chi connectivity index (χ4v) is 3.20. The molecule has 0 aliphatic carbocycles. The molecular formula is C18H20N2O4S. The second-order valence-electron chi connectivity index (χ2n) is 5.05. The van der Waals surface area contributed by atoms with Gasteiger partial charge in [0.25, 0.3) is 15.9 Å². The van der Waals surface area contributed by atoms with Crippen LogP contribution >= 0.6 is 0 Å². The number of para-hydroxylation sites is 1. The van der Waals surface area contributed by atoms with Crippen LogP contribution in [0.25, 0.3) is 0 Å². The number of amides is 1. The summed E-state index contributed by atoms with van der Waals surface area (Å²) in [5.41, 5.74) is 0.441. The first-order valence-electron chi connectivity index (χ1n) is 7.71. The maximum atomic E-state index is 12.6. The molecule has 0 aliphatic heterocycles. The maximum Gasteiger partial charge on any atom is 0.261 e. The van der Waals surface area contributed by atoms with Crippen molar-refractivity contribution < 1.29 is 17.9 Å². The van der Waals surface area contributed by atoms with Crippen LogP contribution in [-0.4, -0.2) is 27.5 Å². The number of carbonyl (C=O) groups excluding carboxylic acids is 1. The molecule has 2 aromatic rings. The summed E-state index contributed by atoms with van der Waals surface area (Å²) < 4.78 is 32.9. The number of carbonyl (C=O) groups is 1. The molecule has 132 valence electrons. The first-order chi connectivity index (χ1) is 12.0. The van der Waals surface area contributed by atoms with Crippen molar-refractivity contribution in [3.63, 3.8) is 0 Å². The SMILES string of the molecule is C=CCNC(=O)c1ccccc1NS(=O)(=O)c1ccc(OCC)cc1. The van der Waals surface area contributed by atoms with Gasteiger partial charge in [0.2, 0.25) is 0 Å². The molecule has 0 bridgehead atoms. The number of sulfonamides is 1. The summed E-state index contributed by atoms with van der Waals surface area (Å²) >= 11 is 0. The molecule has 0 aliphatic rings. The Bertz CT molecular complexity index is 846. The zero-order valence-electron chi connectivity index (χ0n) is 13.9. The number of benzene rings is 2. The van der Waals surface area contributed by atoms with E-state index in [9.17, 15) is 13.2 Å². The quantitative estimate of drug-likeness (QED) is 0.709. The van der Waals surface area contributed by atoms with E-state index in [4.69, 9.17) is 4.74 Å². The third-order valence-corrected chi connectivity index (χ3v) is 4.65. The van der Waals surface area contributed by atoms with Crippen LogP contribution in [0.2, 0.25) is 0 Å². The topological polar surface area (TPSA) is 84.5 Å². The van der Waals surface area contributed by atoms with Crippen molar-refractivity contribution in [3.8, 4) is 5.75 Å². The van der Waals surface area contributed by atoms with Crippen LogP contribution in [0.3, 0.4) is 0 Å². The highest BCUT2D eigenvalue weighted by Crippen LogP contribution is 2.22. The highest BCUT2D eigenvalue weighted by Gasteiger charge is 2.18. The zero-order chi connectivity index (χ0) is 18.3. The van der Waals surface area contributed by atoms with E-state index in [0.29, 0.717) is 18.9 Å². The molecule has 0 radical (unpaired) electrons. The summed E-state index contributed by atoms with van der Waals surface area (Å²) in [4.78, 5) is 12.2. The highest BCUT2D eigenvalue weighted by molar-refractivity contribution is 7.92. The number of ether oxygens (including phenoxy) is 1. The van der Waals surface area contributed by atoms with E-state index < -0.39 is 10.0 Å². The van der Waals surface area contributed by atoms with Crippen molar-refractivity contribution in [1.82, 2.24) is 5.32 Å². The van der Waals surface area contributed by atoms with E-state index in [2.05, 4.69) is 16.6 Å². The van der Waals surface area contributed by atoms with Gasteiger partial charge in [0.15, 0.2) is 0 Å². The van der Waals surface area contributed by atoms with Crippen LogP contribution < -0.4 is 14.8 Å². The van der Waals surface area contributed by atoms with Crippen molar-refractivity contribution in [2.24, 2.45) is 0 Å². The molecule has 0 aromatic heterocycles. The van der Waals surface area contributed by atoms with Crippen LogP contribution in [0, 0.1) is 0 Å². The van der Waals surface area contributed by atoms with Gasteiger partial charge in [-0.1, -0.05) is 18.2 Å². The minimum atomic E-state index is -3.83. The van der Waals surface area contributed by atoms with Gasteiger partial charge in [0.05, 0.1) is 22.8 Å². The Morgan fingerprint density at radius 1 is 1.16 bits per heavy atom. The van der Waals surface area contributed by atoms with E-state index in [1.807, 2.05) is 6.92 Å². The summed E-state index contributed by atoms with van der Waals surface area (Å²) in [6.07, 6.45) is 1.55. The molecule has 2 aromatic carbocycles. The average molecular weight is 360 g/mol. The Morgan fingerprint density at radius 3 is 2.48 bits per heavy atom. The predicted octanol–water partition coefficient (Wildman–Crippen LogP) is 2.80. The van der Waals surface area contributed by atoms with Crippen LogP contribution in [0.1, 0.15) is 17.3 Å². The normalized spacial score (nSPS) is 10.8. The fraction of sp³-hybridized carbons (Fsp3) is 0.167. The summed E-state index contributed by atoms with van der Waals surface area (Å²) in [5, 5.41) is 2.63. The van der Waals surface area contributed by atoms with Crippen molar-refractivity contribution in [1.29, 1.82) is 0 Å². The maximum absolute atomic E-state index is 12.6. The third kappa shape index (κ3) is 4.84. The Hall–Kier alpha value is -2.80. The lowest BCUT2D eigenvalue weighted by Gasteiger charge is -2.12. The molecule has 0 spiro atoms. The molecule has 2 N–H and O–H groups in total. The molecule has 0 atom stereocenters. The van der Waals surface area contributed by atoms with Gasteiger partial charge in [-0.2, -0.15) is 0 Å². The van der Waals surface area contributed by atoms with E-state index >= 15 is 0 Å². The van der Waals surface area contributed by atoms with Crippen molar-refractivity contribution in [3.05, 3.63) is 66.7 Å². The second-order valence-corrected chi connectivity index (χ2v) is 6.74. The predicted molar refractivity (Wildman–Crippen MR) is 97.4 cm³/mol. The van der Waals surface area contributed by atoms with Crippen molar-refractivity contribution in [2.75, 3.05) is 17.9 Å². The van der Waals surface area contributed by atoms with Gasteiger partial charge in [0, 0.05) is 6.54 Å². The molecule has 1 amide bonds. The van der Waals surface area contributed by atoms with E-state index in [1.54, 1.807) is 36.4 Å². The molecule has 2 rings (SSSR count). The van der Waals surface area contributed by atoms with Gasteiger partial charge in [-0.05, 0) is 43.3 Å². The molecule has 0 unspecified atom stereocenters. The largest absolute Gasteiger partial charge is 0.494 e. The van der Waals surface area contributed by atoms with E-state index in [0.717, 1.165) is 0 Å². The lowest BCUT2D eigenvalue weighted by molar-refractivity contribution is 0.0959. The van der Waals surface area contributed by atoms with Gasteiger partial charge in [-0.25, -0.2) is 8.42 Å². The van der Waals surface area contributed by atoms with Gasteiger partial charge < -0.3 is 10.1 Å². The summed E-state index contributed by atoms with van der Waals surface area (Å²) in [5.74, 6) is 0.204. The Balaban J connectivity index is 2.25. The van der Waals surface area contributed by atoms with E-state index in [-0.39, 0.29) is 22.1 Å². The minimum Gasteiger partial charge on any atom is -0.494 e. The molecule has 0 heterocycles. The summed E-state index contributed by atoms with van der Waals surface area (Å²) in [6.45, 7) is 6.17. The van der Waals surface area contributed by atoms with Crippen LogP contribution in [0.5, 0.6) is 5.75 Å². The number of nitrogens with one attached hydrogen (secondary N) is 2. The number of hydrogen-bond donors (Lipinski definition) is 2. The van der Waals surface area contributed by atoms with Gasteiger partial charge in [-0.15, -0.1) is 6.58 Å². The Kier molecular flexibility index (Phi) is 6.19. The summed E-state index contributed by atoms with van der Waals surface area (Å²) in [6, 6.07) is 12.5. The minimum absolute atomic E-state index is 0.0808. The molecule has 0 fully saturated rings. The molecule has 0 saturated heterocycles. The first kappa shape index (κ1) is 18.5. The highest BCUT2D eigenvalue weighted by atomic mass is 32.2.